The largest absolute Gasteiger partial charge is 0.176 e. The van der Waals surface area contributed by atoms with Gasteiger partial charge in [-0.1, -0.05) is 67.7 Å². The van der Waals surface area contributed by atoms with E-state index < -0.39 is 0 Å². The van der Waals surface area contributed by atoms with Gasteiger partial charge in [0.05, 0.1) is 0 Å². The Morgan fingerprint density at radius 3 is 1.23 bits per heavy atom. The summed E-state index contributed by atoms with van der Waals surface area (Å²) < 4.78 is 0. The summed E-state index contributed by atoms with van der Waals surface area (Å²) in [6.07, 6.45) is 3.88. The third-order valence-electron chi connectivity index (χ3n) is 1.97. The van der Waals surface area contributed by atoms with Gasteiger partial charge in [-0.05, 0) is 5.92 Å². The topological polar surface area (TPSA) is 0 Å². The van der Waals surface area contributed by atoms with Crippen LogP contribution in [0.25, 0.3) is 0 Å². The maximum absolute atomic E-state index is 4.27. The monoisotopic (exact) mass is 206 g/mol. The summed E-state index contributed by atoms with van der Waals surface area (Å²) in [5, 5.41) is 0.560. The van der Waals surface area contributed by atoms with E-state index in [-0.39, 0.29) is 0 Å². The normalized spacial score (nSPS) is 12.9. The Labute approximate surface area is 91.9 Å². The fourth-order valence-corrected chi connectivity index (χ4v) is 0.552. The molecule has 0 amide bonds. The summed E-state index contributed by atoms with van der Waals surface area (Å²) in [6.45, 7) is 14.9. The smallest absolute Gasteiger partial charge is 0.00140 e. The third kappa shape index (κ3) is 24.5. The van der Waals surface area contributed by atoms with Crippen LogP contribution in [0.1, 0.15) is 67.7 Å². The van der Waals surface area contributed by atoms with Crippen molar-refractivity contribution in [1.29, 1.82) is 0 Å². The van der Waals surface area contributed by atoms with Crippen molar-refractivity contribution in [3.8, 4) is 0 Å². The van der Waals surface area contributed by atoms with E-state index in [2.05, 4.69) is 47.2 Å². The molecule has 1 heteroatoms. The van der Waals surface area contributed by atoms with E-state index in [1.165, 1.54) is 19.3 Å². The number of thiol groups is 1. The van der Waals surface area contributed by atoms with Gasteiger partial charge in [-0.2, -0.15) is 12.6 Å². The SMILES string of the molecule is CC.CCC(C)C(C)S.CCCC. The van der Waals surface area contributed by atoms with Gasteiger partial charge in [0.15, 0.2) is 0 Å². The first kappa shape index (κ1) is 19.0. The van der Waals surface area contributed by atoms with Crippen molar-refractivity contribution < 1.29 is 0 Å². The Kier molecular flexibility index (Phi) is 26.6. The molecule has 0 radical (unpaired) electrons. The lowest BCUT2D eigenvalue weighted by Gasteiger charge is -2.09. The summed E-state index contributed by atoms with van der Waals surface area (Å²) in [7, 11) is 0. The van der Waals surface area contributed by atoms with Gasteiger partial charge in [0.25, 0.3) is 0 Å². The van der Waals surface area contributed by atoms with Crippen LogP contribution in [0.4, 0.5) is 0 Å². The van der Waals surface area contributed by atoms with Gasteiger partial charge in [0, 0.05) is 5.25 Å². The predicted molar refractivity (Wildman–Crippen MR) is 69.8 cm³/mol. The van der Waals surface area contributed by atoms with Crippen molar-refractivity contribution >= 4 is 12.6 Å². The van der Waals surface area contributed by atoms with Crippen molar-refractivity contribution in [3.05, 3.63) is 0 Å². The number of unbranched alkanes of at least 4 members (excludes halogenated alkanes) is 1. The van der Waals surface area contributed by atoms with Crippen LogP contribution < -0.4 is 0 Å². The second-order valence-corrected chi connectivity index (χ2v) is 3.94. The first-order valence-electron chi connectivity index (χ1n) is 5.78. The van der Waals surface area contributed by atoms with E-state index in [9.17, 15) is 0 Å². The summed E-state index contributed by atoms with van der Waals surface area (Å²) >= 11 is 4.27. The maximum atomic E-state index is 4.27. The molecule has 0 saturated heterocycles. The molecule has 13 heavy (non-hydrogen) atoms. The van der Waals surface area contributed by atoms with Crippen molar-refractivity contribution in [1.82, 2.24) is 0 Å². The Balaban J connectivity index is -0.000000142. The summed E-state index contributed by atoms with van der Waals surface area (Å²) in [5.41, 5.74) is 0. The molecule has 0 spiro atoms. The quantitative estimate of drug-likeness (QED) is 0.604. The molecule has 0 aliphatic heterocycles. The van der Waals surface area contributed by atoms with Gasteiger partial charge < -0.3 is 0 Å². The van der Waals surface area contributed by atoms with Crippen molar-refractivity contribution in [2.24, 2.45) is 5.92 Å². The number of rotatable bonds is 3. The highest BCUT2D eigenvalue weighted by Gasteiger charge is 2.02. The number of hydrogen-bond donors (Lipinski definition) is 1. The highest BCUT2D eigenvalue weighted by molar-refractivity contribution is 7.80. The average molecular weight is 206 g/mol. The minimum atomic E-state index is 0.560. The first-order chi connectivity index (χ1) is 6.09. The second kappa shape index (κ2) is 18.2. The lowest BCUT2D eigenvalue weighted by atomic mass is 10.1. The molecule has 0 bridgehead atoms. The molecular weight excluding hydrogens is 176 g/mol. The van der Waals surface area contributed by atoms with Crippen LogP contribution in [0, 0.1) is 5.92 Å². The van der Waals surface area contributed by atoms with Crippen LogP contribution in [-0.4, -0.2) is 5.25 Å². The van der Waals surface area contributed by atoms with Gasteiger partial charge in [-0.15, -0.1) is 0 Å². The molecule has 0 rings (SSSR count). The van der Waals surface area contributed by atoms with Crippen molar-refractivity contribution in [3.63, 3.8) is 0 Å². The van der Waals surface area contributed by atoms with Crippen LogP contribution in [0.5, 0.6) is 0 Å². The van der Waals surface area contributed by atoms with Gasteiger partial charge in [0.2, 0.25) is 0 Å². The average Bonchev–Trinajstić information content (AvgIpc) is 2.19. The summed E-state index contributed by atoms with van der Waals surface area (Å²) in [4.78, 5) is 0. The molecule has 0 heterocycles. The molecule has 0 nitrogen and oxygen atoms in total. The van der Waals surface area contributed by atoms with E-state index in [4.69, 9.17) is 0 Å². The Bertz CT molecular complexity index is 58.1. The number of hydrogen-bond acceptors (Lipinski definition) is 1. The molecule has 0 fully saturated rings. The fourth-order valence-electron chi connectivity index (χ4n) is 0.341. The van der Waals surface area contributed by atoms with Crippen molar-refractivity contribution in [2.75, 3.05) is 0 Å². The molecule has 0 aromatic carbocycles. The maximum Gasteiger partial charge on any atom is 0.00140 e. The van der Waals surface area contributed by atoms with E-state index >= 15 is 0 Å². The minimum absolute atomic E-state index is 0.560. The molecule has 84 valence electrons. The standard InChI is InChI=1S/C6H14S.C4H10.C2H6/c1-4-5(2)6(3)7;1-3-4-2;1-2/h5-7H,4H2,1-3H3;3-4H2,1-2H3;1-2H3. The predicted octanol–water partition coefficient (Wildman–Crippen LogP) is 5.18. The van der Waals surface area contributed by atoms with E-state index in [1.807, 2.05) is 13.8 Å². The van der Waals surface area contributed by atoms with Crippen LogP contribution in [0.3, 0.4) is 0 Å². The highest BCUT2D eigenvalue weighted by atomic mass is 32.1. The lowest BCUT2D eigenvalue weighted by molar-refractivity contribution is 0.560. The van der Waals surface area contributed by atoms with Crippen molar-refractivity contribution in [2.45, 2.75) is 73.0 Å². The van der Waals surface area contributed by atoms with E-state index in [0.29, 0.717) is 5.25 Å². The van der Waals surface area contributed by atoms with E-state index in [1.54, 1.807) is 0 Å². The van der Waals surface area contributed by atoms with Crippen LogP contribution in [0.2, 0.25) is 0 Å². The lowest BCUT2D eigenvalue weighted by Crippen LogP contribution is -2.04. The molecule has 0 N–H and O–H groups in total. The Hall–Kier alpha value is 0.350. The second-order valence-electron chi connectivity index (χ2n) is 3.13. The summed E-state index contributed by atoms with van der Waals surface area (Å²) in [6, 6.07) is 0. The molecule has 0 aromatic rings. The van der Waals surface area contributed by atoms with E-state index in [0.717, 1.165) is 5.92 Å². The third-order valence-corrected chi connectivity index (χ3v) is 2.48. The van der Waals surface area contributed by atoms with Gasteiger partial charge >= 0.3 is 0 Å². The Morgan fingerprint density at radius 2 is 1.23 bits per heavy atom. The van der Waals surface area contributed by atoms with Crippen LogP contribution >= 0.6 is 12.6 Å². The zero-order valence-electron chi connectivity index (χ0n) is 10.7. The molecule has 0 saturated carbocycles. The fraction of sp³-hybridized carbons (Fsp3) is 1.00. The molecule has 2 atom stereocenters. The summed E-state index contributed by atoms with van der Waals surface area (Å²) in [5.74, 6) is 0.767. The van der Waals surface area contributed by atoms with Crippen LogP contribution in [0.15, 0.2) is 0 Å². The molecular formula is C12H30S. The first-order valence-corrected chi connectivity index (χ1v) is 6.29. The molecule has 0 aromatic heterocycles. The zero-order valence-corrected chi connectivity index (χ0v) is 11.6. The van der Waals surface area contributed by atoms with Gasteiger partial charge in [0.1, 0.15) is 0 Å². The molecule has 2 unspecified atom stereocenters. The van der Waals surface area contributed by atoms with Crippen LogP contribution in [-0.2, 0) is 0 Å². The Morgan fingerprint density at radius 1 is 0.923 bits per heavy atom. The highest BCUT2D eigenvalue weighted by Crippen LogP contribution is 2.11. The minimum Gasteiger partial charge on any atom is -0.176 e. The molecule has 0 aliphatic rings. The molecule has 0 aliphatic carbocycles. The zero-order chi connectivity index (χ0) is 11.3. The van der Waals surface area contributed by atoms with Gasteiger partial charge in [-0.25, -0.2) is 0 Å². The van der Waals surface area contributed by atoms with Gasteiger partial charge in [-0.3, -0.25) is 0 Å².